The molecule has 8 heteroatoms. The molecule has 28 heavy (non-hydrogen) atoms. The molecule has 2 aromatic heterocycles. The topological polar surface area (TPSA) is 74.2 Å². The van der Waals surface area contributed by atoms with Crippen LogP contribution in [0.25, 0.3) is 0 Å². The van der Waals surface area contributed by atoms with Gasteiger partial charge in [0.25, 0.3) is 5.91 Å². The summed E-state index contributed by atoms with van der Waals surface area (Å²) in [5.74, 6) is 0.530. The summed E-state index contributed by atoms with van der Waals surface area (Å²) in [6.45, 7) is 3.23. The van der Waals surface area contributed by atoms with Gasteiger partial charge in [-0.05, 0) is 30.3 Å². The highest BCUT2D eigenvalue weighted by atomic mass is 35.5. The van der Waals surface area contributed by atoms with Gasteiger partial charge in [-0.2, -0.15) is 0 Å². The van der Waals surface area contributed by atoms with E-state index in [1.807, 2.05) is 12.1 Å². The third kappa shape index (κ3) is 4.20. The van der Waals surface area contributed by atoms with Crippen LogP contribution in [0.15, 0.2) is 61.2 Å². The molecule has 1 N–H and O–H groups in total. The molecule has 0 atom stereocenters. The normalized spacial score (nSPS) is 14.0. The van der Waals surface area contributed by atoms with Crippen molar-refractivity contribution >= 4 is 34.8 Å². The maximum Gasteiger partial charge on any atom is 0.257 e. The first-order valence-electron chi connectivity index (χ1n) is 8.98. The van der Waals surface area contributed by atoms with E-state index in [1.165, 1.54) is 0 Å². The third-order valence-corrected chi connectivity index (χ3v) is 4.78. The second-order valence-electron chi connectivity index (χ2n) is 6.42. The molecule has 1 aromatic carbocycles. The van der Waals surface area contributed by atoms with Gasteiger partial charge in [0, 0.05) is 55.5 Å². The molecule has 7 nitrogen and oxygen atoms in total. The first-order valence-corrected chi connectivity index (χ1v) is 9.36. The van der Waals surface area contributed by atoms with Gasteiger partial charge >= 0.3 is 0 Å². The predicted molar refractivity (Wildman–Crippen MR) is 110 cm³/mol. The van der Waals surface area contributed by atoms with E-state index in [0.29, 0.717) is 16.3 Å². The smallest absolute Gasteiger partial charge is 0.257 e. The minimum atomic E-state index is -0.215. The Morgan fingerprint density at radius 3 is 2.46 bits per heavy atom. The zero-order chi connectivity index (χ0) is 19.3. The molecule has 3 heterocycles. The Hall–Kier alpha value is -3.19. The molecule has 0 bridgehead atoms. The van der Waals surface area contributed by atoms with E-state index in [-0.39, 0.29) is 5.91 Å². The van der Waals surface area contributed by atoms with Gasteiger partial charge in [-0.15, -0.1) is 0 Å². The molecule has 142 valence electrons. The van der Waals surface area contributed by atoms with E-state index >= 15 is 0 Å². The van der Waals surface area contributed by atoms with Crippen LogP contribution in [0.4, 0.5) is 17.3 Å². The summed E-state index contributed by atoms with van der Waals surface area (Å²) < 4.78 is 0. The molecule has 3 aromatic rings. The van der Waals surface area contributed by atoms with Gasteiger partial charge in [0.15, 0.2) is 0 Å². The lowest BCUT2D eigenvalue weighted by molar-refractivity contribution is 0.102. The van der Waals surface area contributed by atoms with E-state index in [2.05, 4.69) is 30.1 Å². The predicted octanol–water partition coefficient (Wildman–Crippen LogP) is 3.10. The zero-order valence-corrected chi connectivity index (χ0v) is 15.9. The average molecular weight is 395 g/mol. The number of hydrogen-bond acceptors (Lipinski definition) is 6. The standard InChI is InChI=1S/C20H19ClN6O/c21-16-3-1-4-17(12-16)25-19(28)15-11-18(14-22-13-15)26-7-9-27(10-8-26)20-23-5-2-6-24-20/h1-6,11-14H,7-10H2,(H,25,28). The Balaban J connectivity index is 1.42. The molecule has 0 spiro atoms. The van der Waals surface area contributed by atoms with Crippen LogP contribution in [0.2, 0.25) is 5.02 Å². The summed E-state index contributed by atoms with van der Waals surface area (Å²) in [5, 5.41) is 3.43. The van der Waals surface area contributed by atoms with Crippen molar-refractivity contribution in [3.63, 3.8) is 0 Å². The second-order valence-corrected chi connectivity index (χ2v) is 6.86. The third-order valence-electron chi connectivity index (χ3n) is 4.55. The number of halogens is 1. The van der Waals surface area contributed by atoms with E-state index in [4.69, 9.17) is 11.6 Å². The summed E-state index contributed by atoms with van der Waals surface area (Å²) in [6.07, 6.45) is 6.85. The number of amides is 1. The van der Waals surface area contributed by atoms with Crippen LogP contribution < -0.4 is 15.1 Å². The molecule has 0 radical (unpaired) electrons. The maximum absolute atomic E-state index is 12.6. The van der Waals surface area contributed by atoms with Gasteiger partial charge in [-0.25, -0.2) is 9.97 Å². The van der Waals surface area contributed by atoms with E-state index in [1.54, 1.807) is 49.1 Å². The minimum Gasteiger partial charge on any atom is -0.367 e. The number of hydrogen-bond donors (Lipinski definition) is 1. The van der Waals surface area contributed by atoms with Gasteiger partial charge in [0.1, 0.15) is 0 Å². The summed E-state index contributed by atoms with van der Waals surface area (Å²) in [4.78, 5) is 29.8. The number of nitrogens with one attached hydrogen (secondary N) is 1. The first kappa shape index (κ1) is 18.2. The summed E-state index contributed by atoms with van der Waals surface area (Å²) in [5.41, 5.74) is 2.08. The van der Waals surface area contributed by atoms with Crippen molar-refractivity contribution in [1.82, 2.24) is 15.0 Å². The average Bonchev–Trinajstić information content (AvgIpc) is 2.75. The number of piperazine rings is 1. The highest BCUT2D eigenvalue weighted by Crippen LogP contribution is 2.20. The van der Waals surface area contributed by atoms with Gasteiger partial charge in [0.2, 0.25) is 5.95 Å². The van der Waals surface area contributed by atoms with Crippen molar-refractivity contribution in [2.75, 3.05) is 41.3 Å². The number of benzene rings is 1. The molecule has 0 saturated carbocycles. The quantitative estimate of drug-likeness (QED) is 0.733. The lowest BCUT2D eigenvalue weighted by Crippen LogP contribution is -2.47. The van der Waals surface area contributed by atoms with Crippen molar-refractivity contribution in [2.24, 2.45) is 0 Å². The number of pyridine rings is 1. The molecule has 4 rings (SSSR count). The molecule has 1 saturated heterocycles. The van der Waals surface area contributed by atoms with Crippen LogP contribution >= 0.6 is 11.6 Å². The van der Waals surface area contributed by atoms with Crippen LogP contribution in [0.5, 0.6) is 0 Å². The lowest BCUT2D eigenvalue weighted by atomic mass is 10.2. The van der Waals surface area contributed by atoms with Crippen LogP contribution in [0.1, 0.15) is 10.4 Å². The molecule has 1 aliphatic rings. The fourth-order valence-corrected chi connectivity index (χ4v) is 3.30. The number of rotatable bonds is 4. The summed E-state index contributed by atoms with van der Waals surface area (Å²) in [7, 11) is 0. The van der Waals surface area contributed by atoms with Gasteiger partial charge in [-0.3, -0.25) is 9.78 Å². The van der Waals surface area contributed by atoms with E-state index < -0.39 is 0 Å². The van der Waals surface area contributed by atoms with Crippen molar-refractivity contribution in [2.45, 2.75) is 0 Å². The highest BCUT2D eigenvalue weighted by Gasteiger charge is 2.20. The van der Waals surface area contributed by atoms with Crippen LogP contribution in [0.3, 0.4) is 0 Å². The lowest BCUT2D eigenvalue weighted by Gasteiger charge is -2.35. The van der Waals surface area contributed by atoms with Gasteiger partial charge in [-0.1, -0.05) is 17.7 Å². The van der Waals surface area contributed by atoms with Crippen LogP contribution in [-0.2, 0) is 0 Å². The second kappa shape index (κ2) is 8.22. The minimum absolute atomic E-state index is 0.215. The van der Waals surface area contributed by atoms with Gasteiger partial charge in [0.05, 0.1) is 17.4 Å². The van der Waals surface area contributed by atoms with Crippen molar-refractivity contribution < 1.29 is 4.79 Å². The molecule has 1 aliphatic heterocycles. The van der Waals surface area contributed by atoms with Crippen LogP contribution in [-0.4, -0.2) is 47.0 Å². The summed E-state index contributed by atoms with van der Waals surface area (Å²) in [6, 6.07) is 10.7. The fraction of sp³-hybridized carbons (Fsp3) is 0.200. The Labute approximate surface area is 168 Å². The molecule has 1 amide bonds. The fourth-order valence-electron chi connectivity index (χ4n) is 3.11. The van der Waals surface area contributed by atoms with Crippen molar-refractivity contribution in [1.29, 1.82) is 0 Å². The SMILES string of the molecule is O=C(Nc1cccc(Cl)c1)c1cncc(N2CCN(c3ncccn3)CC2)c1. The van der Waals surface area contributed by atoms with Gasteiger partial charge < -0.3 is 15.1 Å². The van der Waals surface area contributed by atoms with Crippen molar-refractivity contribution in [3.8, 4) is 0 Å². The molecular formula is C20H19ClN6O. The molecular weight excluding hydrogens is 376 g/mol. The Morgan fingerprint density at radius 1 is 0.964 bits per heavy atom. The van der Waals surface area contributed by atoms with Crippen LogP contribution in [0, 0.1) is 0 Å². The number of anilines is 3. The Kier molecular flexibility index (Phi) is 5.34. The summed E-state index contributed by atoms with van der Waals surface area (Å²) >= 11 is 5.97. The first-order chi connectivity index (χ1) is 13.7. The Morgan fingerprint density at radius 2 is 1.71 bits per heavy atom. The monoisotopic (exact) mass is 394 g/mol. The molecule has 1 fully saturated rings. The Bertz CT molecular complexity index is 960. The maximum atomic E-state index is 12.6. The van der Waals surface area contributed by atoms with E-state index in [9.17, 15) is 4.79 Å². The highest BCUT2D eigenvalue weighted by molar-refractivity contribution is 6.30. The number of carbonyl (C=O) groups excluding carboxylic acids is 1. The number of carbonyl (C=O) groups is 1. The van der Waals surface area contributed by atoms with Crippen molar-refractivity contribution in [3.05, 3.63) is 71.8 Å². The largest absolute Gasteiger partial charge is 0.367 e. The molecule has 0 aliphatic carbocycles. The number of nitrogens with zero attached hydrogens (tertiary/aromatic N) is 5. The zero-order valence-electron chi connectivity index (χ0n) is 15.1. The number of aromatic nitrogens is 3. The van der Waals surface area contributed by atoms with E-state index in [0.717, 1.165) is 37.8 Å². The molecule has 0 unspecified atom stereocenters.